The second-order valence-corrected chi connectivity index (χ2v) is 11.7. The molecule has 0 radical (unpaired) electrons. The van der Waals surface area contributed by atoms with Crippen molar-refractivity contribution in [1.82, 2.24) is 14.9 Å². The Balaban J connectivity index is 1.13. The van der Waals surface area contributed by atoms with Crippen LogP contribution in [-0.4, -0.2) is 67.7 Å². The van der Waals surface area contributed by atoms with Crippen LogP contribution in [0, 0.1) is 6.92 Å². The fourth-order valence-electron chi connectivity index (χ4n) is 5.81. The highest BCUT2D eigenvalue weighted by Crippen LogP contribution is 2.34. The van der Waals surface area contributed by atoms with E-state index in [0.29, 0.717) is 31.1 Å². The minimum Gasteiger partial charge on any atom is -0.494 e. The summed E-state index contributed by atoms with van der Waals surface area (Å²) in [6.07, 6.45) is -2.01. The van der Waals surface area contributed by atoms with Crippen molar-refractivity contribution in [2.75, 3.05) is 67.3 Å². The number of nitrogens with zero attached hydrogens (tertiary/aromatic N) is 5. The van der Waals surface area contributed by atoms with Crippen molar-refractivity contribution < 1.29 is 22.7 Å². The van der Waals surface area contributed by atoms with E-state index in [1.54, 1.807) is 13.2 Å². The molecule has 12 heteroatoms. The Morgan fingerprint density at radius 3 is 2.52 bits per heavy atom. The molecule has 0 unspecified atom stereocenters. The minimum absolute atomic E-state index is 0.0611. The monoisotopic (exact) mass is 631 g/mol. The van der Waals surface area contributed by atoms with Gasteiger partial charge in [-0.15, -0.1) is 0 Å². The number of carbonyl (C=O) groups excluding carboxylic acids is 1. The van der Waals surface area contributed by atoms with Crippen molar-refractivity contribution in [3.8, 4) is 5.75 Å². The topological polar surface area (TPSA) is 85.9 Å². The van der Waals surface area contributed by atoms with Crippen molar-refractivity contribution in [2.45, 2.75) is 26.1 Å². The van der Waals surface area contributed by atoms with E-state index in [1.807, 2.05) is 37.4 Å². The third-order valence-electron chi connectivity index (χ3n) is 8.49. The summed E-state index contributed by atoms with van der Waals surface area (Å²) < 4.78 is 45.1. The molecule has 6 rings (SSSR count). The lowest BCUT2D eigenvalue weighted by molar-refractivity contribution is -0.137. The second-order valence-electron chi connectivity index (χ2n) is 11.7. The molecule has 1 saturated heterocycles. The van der Waals surface area contributed by atoms with Crippen molar-refractivity contribution in [2.24, 2.45) is 0 Å². The first-order valence-electron chi connectivity index (χ1n) is 15.1. The molecule has 4 aromatic rings. The zero-order valence-electron chi connectivity index (χ0n) is 26.0. The molecule has 0 bridgehead atoms. The van der Waals surface area contributed by atoms with E-state index in [1.165, 1.54) is 12.1 Å². The van der Waals surface area contributed by atoms with Gasteiger partial charge in [-0.3, -0.25) is 4.79 Å². The van der Waals surface area contributed by atoms with Crippen LogP contribution in [-0.2, 0) is 19.1 Å². The van der Waals surface area contributed by atoms with E-state index < -0.39 is 17.6 Å². The molecule has 46 heavy (non-hydrogen) atoms. The summed E-state index contributed by atoms with van der Waals surface area (Å²) in [5.74, 6) is 0.608. The van der Waals surface area contributed by atoms with Crippen LogP contribution in [0.25, 0.3) is 0 Å². The summed E-state index contributed by atoms with van der Waals surface area (Å²) in [6, 6.07) is 16.0. The van der Waals surface area contributed by atoms with Gasteiger partial charge in [0.15, 0.2) is 0 Å². The van der Waals surface area contributed by atoms with Gasteiger partial charge < -0.3 is 30.1 Å². The minimum atomic E-state index is -4.53. The number of aromatic nitrogens is 2. The fraction of sp³-hybridized carbons (Fsp3) is 0.324. The standard InChI is InChI=1S/C34H36F3N7O2/c1-22-7-8-26(39-32(45)23-5-4-6-25(17-23)34(35,36)37)18-30(22)44-12-11-28-24(21-44)20-38-33(40-28)41-29-10-9-27(19-31(29)46-3)43-15-13-42(2)14-16-43/h4-10,17-20H,11-16,21H2,1-3H3,(H,39,45)(H,38,40,41). The molecule has 0 atom stereocenters. The van der Waals surface area contributed by atoms with Crippen molar-refractivity contribution in [3.63, 3.8) is 0 Å². The maximum Gasteiger partial charge on any atom is 0.416 e. The van der Waals surface area contributed by atoms with E-state index in [-0.39, 0.29) is 5.56 Å². The number of carbonyl (C=O) groups is 1. The van der Waals surface area contributed by atoms with Gasteiger partial charge >= 0.3 is 6.18 Å². The Bertz CT molecular complexity index is 1740. The Labute approximate surface area is 266 Å². The zero-order valence-corrected chi connectivity index (χ0v) is 26.0. The molecule has 0 spiro atoms. The maximum absolute atomic E-state index is 13.1. The number of benzene rings is 3. The number of nitrogens with one attached hydrogen (secondary N) is 2. The van der Waals surface area contributed by atoms with Gasteiger partial charge in [-0.25, -0.2) is 9.97 Å². The number of hydrogen-bond acceptors (Lipinski definition) is 8. The molecule has 2 aliphatic heterocycles. The predicted octanol–water partition coefficient (Wildman–Crippen LogP) is 6.12. The second kappa shape index (κ2) is 12.9. The lowest BCUT2D eigenvalue weighted by Crippen LogP contribution is -2.44. The normalized spacial score (nSPS) is 15.3. The average Bonchev–Trinajstić information content (AvgIpc) is 3.05. The summed E-state index contributed by atoms with van der Waals surface area (Å²) in [5.41, 5.74) is 5.35. The van der Waals surface area contributed by atoms with Gasteiger partial charge in [0.25, 0.3) is 5.91 Å². The third kappa shape index (κ3) is 6.86. The van der Waals surface area contributed by atoms with Crippen LogP contribution in [0.3, 0.4) is 0 Å². The molecule has 0 saturated carbocycles. The van der Waals surface area contributed by atoms with Crippen molar-refractivity contribution >= 4 is 34.6 Å². The van der Waals surface area contributed by atoms with Crippen molar-refractivity contribution in [1.29, 1.82) is 0 Å². The smallest absolute Gasteiger partial charge is 0.416 e. The zero-order chi connectivity index (χ0) is 32.4. The summed E-state index contributed by atoms with van der Waals surface area (Å²) in [4.78, 5) is 29.1. The number of likely N-dealkylation sites (N-methyl/N-ethyl adjacent to an activating group) is 1. The highest BCUT2D eigenvalue weighted by molar-refractivity contribution is 6.04. The molecular weight excluding hydrogens is 595 g/mol. The maximum atomic E-state index is 13.1. The molecule has 2 aliphatic rings. The number of alkyl halides is 3. The van der Waals surface area contributed by atoms with Gasteiger partial charge in [-0.2, -0.15) is 13.2 Å². The molecule has 1 aromatic heterocycles. The van der Waals surface area contributed by atoms with Crippen LogP contribution in [0.5, 0.6) is 5.75 Å². The van der Waals surface area contributed by atoms with E-state index in [4.69, 9.17) is 9.72 Å². The molecule has 9 nitrogen and oxygen atoms in total. The number of fused-ring (bicyclic) bond motifs is 1. The van der Waals surface area contributed by atoms with Gasteiger partial charge in [0.05, 0.1) is 24.1 Å². The number of ether oxygens (including phenoxy) is 1. The van der Waals surface area contributed by atoms with Crippen LogP contribution >= 0.6 is 0 Å². The van der Waals surface area contributed by atoms with Crippen LogP contribution < -0.4 is 25.2 Å². The molecule has 3 heterocycles. The van der Waals surface area contributed by atoms with Gasteiger partial charge in [-0.05, 0) is 62.0 Å². The first kappa shape index (κ1) is 31.2. The van der Waals surface area contributed by atoms with E-state index in [0.717, 1.165) is 77.9 Å². The fourth-order valence-corrected chi connectivity index (χ4v) is 5.81. The SMILES string of the molecule is COc1cc(N2CCN(C)CC2)ccc1Nc1ncc2c(n1)CCN(c1cc(NC(=O)c3cccc(C(F)(F)F)c3)ccc1C)C2. The lowest BCUT2D eigenvalue weighted by Gasteiger charge is -2.34. The molecule has 3 aromatic carbocycles. The molecule has 2 N–H and O–H groups in total. The van der Waals surface area contributed by atoms with E-state index in [9.17, 15) is 18.0 Å². The lowest BCUT2D eigenvalue weighted by atomic mass is 10.0. The third-order valence-corrected chi connectivity index (χ3v) is 8.49. The summed E-state index contributed by atoms with van der Waals surface area (Å²) in [5, 5.41) is 6.07. The van der Waals surface area contributed by atoms with E-state index in [2.05, 4.69) is 43.4 Å². The molecule has 240 valence electrons. The Kier molecular flexibility index (Phi) is 8.72. The number of rotatable bonds is 7. The number of anilines is 5. The van der Waals surface area contributed by atoms with Gasteiger partial charge in [0.2, 0.25) is 5.95 Å². The molecular formula is C34H36F3N7O2. The molecule has 0 aliphatic carbocycles. The largest absolute Gasteiger partial charge is 0.494 e. The Hall–Kier alpha value is -4.84. The number of halogens is 3. The Morgan fingerprint density at radius 2 is 1.76 bits per heavy atom. The summed E-state index contributed by atoms with van der Waals surface area (Å²) >= 11 is 0. The average molecular weight is 632 g/mol. The first-order valence-corrected chi connectivity index (χ1v) is 15.1. The molecule has 1 amide bonds. The van der Waals surface area contributed by atoms with Gasteiger partial charge in [-0.1, -0.05) is 12.1 Å². The van der Waals surface area contributed by atoms with Crippen LogP contribution in [0.15, 0.2) is 66.9 Å². The molecule has 1 fully saturated rings. The summed E-state index contributed by atoms with van der Waals surface area (Å²) in [6.45, 7) is 7.23. The number of aryl methyl sites for hydroxylation is 1. The van der Waals surface area contributed by atoms with Gasteiger partial charge in [0, 0.05) is 86.1 Å². The quantitative estimate of drug-likeness (QED) is 0.252. The first-order chi connectivity index (χ1) is 22.1. The van der Waals surface area contributed by atoms with Gasteiger partial charge in [0.1, 0.15) is 5.75 Å². The number of amides is 1. The van der Waals surface area contributed by atoms with Crippen LogP contribution in [0.2, 0.25) is 0 Å². The van der Waals surface area contributed by atoms with Crippen LogP contribution in [0.1, 0.15) is 32.7 Å². The highest BCUT2D eigenvalue weighted by atomic mass is 19.4. The highest BCUT2D eigenvalue weighted by Gasteiger charge is 2.31. The van der Waals surface area contributed by atoms with E-state index >= 15 is 0 Å². The number of hydrogen-bond donors (Lipinski definition) is 2. The summed E-state index contributed by atoms with van der Waals surface area (Å²) in [7, 11) is 3.79. The van der Waals surface area contributed by atoms with Crippen LogP contribution in [0.4, 0.5) is 41.9 Å². The van der Waals surface area contributed by atoms with Crippen molar-refractivity contribution in [3.05, 3.63) is 94.8 Å². The Morgan fingerprint density at radius 1 is 0.957 bits per heavy atom. The number of methoxy groups -OCH3 is 1. The predicted molar refractivity (Wildman–Crippen MR) is 173 cm³/mol. The number of piperazine rings is 1.